The van der Waals surface area contributed by atoms with Gasteiger partial charge < -0.3 is 10.1 Å². The molecule has 0 aliphatic heterocycles. The molecule has 1 amide bonds. The largest absolute Gasteiger partial charge is 0.465 e. The van der Waals surface area contributed by atoms with E-state index in [-0.39, 0.29) is 22.6 Å². The zero-order valence-electron chi connectivity index (χ0n) is 15.8. The third-order valence-electron chi connectivity index (χ3n) is 4.86. The molecule has 3 aromatic rings. The van der Waals surface area contributed by atoms with Crippen LogP contribution in [0.2, 0.25) is 0 Å². The summed E-state index contributed by atoms with van der Waals surface area (Å²) in [7, 11) is 1.28. The molecule has 148 valence electrons. The van der Waals surface area contributed by atoms with Crippen molar-refractivity contribution in [1.29, 1.82) is 0 Å². The highest BCUT2D eigenvalue weighted by atomic mass is 16.5. The second kappa shape index (κ2) is 7.01. The molecule has 0 bridgehead atoms. The van der Waals surface area contributed by atoms with Gasteiger partial charge in [0.15, 0.2) is 0 Å². The van der Waals surface area contributed by atoms with Gasteiger partial charge in [-0.3, -0.25) is 19.1 Å². The number of nitrogens with zero attached hydrogens (tertiary/aromatic N) is 2. The minimum Gasteiger partial charge on any atom is -0.465 e. The van der Waals surface area contributed by atoms with E-state index in [1.54, 1.807) is 19.1 Å². The fourth-order valence-electron chi connectivity index (χ4n) is 3.13. The van der Waals surface area contributed by atoms with Gasteiger partial charge in [-0.05, 0) is 43.5 Å². The maximum Gasteiger partial charge on any atom is 0.337 e. The maximum atomic E-state index is 12.7. The molecule has 0 unspecified atom stereocenters. The molecular weight excluding hydrogens is 376 g/mol. The second-order valence-corrected chi connectivity index (χ2v) is 6.93. The van der Waals surface area contributed by atoms with Crippen molar-refractivity contribution in [3.63, 3.8) is 0 Å². The summed E-state index contributed by atoms with van der Waals surface area (Å²) in [6.07, 6.45) is 3.02. The Morgan fingerprint density at radius 2 is 1.97 bits per heavy atom. The highest BCUT2D eigenvalue weighted by molar-refractivity contribution is 6.06. The van der Waals surface area contributed by atoms with Crippen LogP contribution in [0.1, 0.15) is 45.2 Å². The van der Waals surface area contributed by atoms with Crippen molar-refractivity contribution in [3.05, 3.63) is 68.0 Å². The lowest BCUT2D eigenvalue weighted by molar-refractivity contribution is 0.0600. The lowest BCUT2D eigenvalue weighted by Crippen LogP contribution is -2.30. The van der Waals surface area contributed by atoms with Crippen LogP contribution >= 0.6 is 0 Å². The van der Waals surface area contributed by atoms with Gasteiger partial charge in [0.1, 0.15) is 5.65 Å². The van der Waals surface area contributed by atoms with Gasteiger partial charge in [0.05, 0.1) is 23.6 Å². The summed E-state index contributed by atoms with van der Waals surface area (Å²) in [4.78, 5) is 55.3. The highest BCUT2D eigenvalue weighted by Crippen LogP contribution is 2.34. The number of fused-ring (bicyclic) bond motifs is 1. The molecule has 1 fully saturated rings. The molecule has 1 aliphatic carbocycles. The van der Waals surface area contributed by atoms with E-state index < -0.39 is 23.1 Å². The standard InChI is InChI=1S/C20H18N4O5/c1-10-3-4-11(19(27)29-2)8-15(10)22-17(25)12-7-14-16(21-9-12)24(13-5-6-13)20(28)23-18(14)26/h3-4,7-9,13H,5-6H2,1-2H3,(H,22,25)(H,23,26,28). The number of carbonyl (C=O) groups excluding carboxylic acids is 2. The Hall–Kier alpha value is -3.75. The number of pyridine rings is 1. The van der Waals surface area contributed by atoms with Crippen LogP contribution in [0.15, 0.2) is 40.1 Å². The number of amides is 1. The van der Waals surface area contributed by atoms with E-state index in [4.69, 9.17) is 4.74 Å². The van der Waals surface area contributed by atoms with Gasteiger partial charge in [-0.2, -0.15) is 0 Å². The third kappa shape index (κ3) is 3.42. The van der Waals surface area contributed by atoms with Crippen molar-refractivity contribution in [2.45, 2.75) is 25.8 Å². The number of aromatic nitrogens is 3. The van der Waals surface area contributed by atoms with Gasteiger partial charge in [0.2, 0.25) is 0 Å². The van der Waals surface area contributed by atoms with Gasteiger partial charge >= 0.3 is 11.7 Å². The fraction of sp³-hybridized carbons (Fsp3) is 0.250. The lowest BCUT2D eigenvalue weighted by Gasteiger charge is -2.11. The van der Waals surface area contributed by atoms with E-state index in [2.05, 4.69) is 15.3 Å². The third-order valence-corrected chi connectivity index (χ3v) is 4.86. The van der Waals surface area contributed by atoms with E-state index in [0.717, 1.165) is 18.4 Å². The minimum atomic E-state index is -0.590. The Morgan fingerprint density at radius 1 is 1.21 bits per heavy atom. The van der Waals surface area contributed by atoms with Crippen molar-refractivity contribution in [3.8, 4) is 0 Å². The average molecular weight is 394 g/mol. The molecule has 29 heavy (non-hydrogen) atoms. The van der Waals surface area contributed by atoms with Crippen molar-refractivity contribution in [1.82, 2.24) is 14.5 Å². The van der Waals surface area contributed by atoms with Crippen LogP contribution in [-0.4, -0.2) is 33.5 Å². The summed E-state index contributed by atoms with van der Waals surface area (Å²) in [5.41, 5.74) is 0.830. The second-order valence-electron chi connectivity index (χ2n) is 6.93. The number of benzene rings is 1. The molecule has 1 aliphatic rings. The molecule has 0 spiro atoms. The summed E-state index contributed by atoms with van der Waals surface area (Å²) in [5.74, 6) is -1.01. The smallest absolute Gasteiger partial charge is 0.337 e. The predicted molar refractivity (Wildman–Crippen MR) is 105 cm³/mol. The molecule has 0 atom stereocenters. The van der Waals surface area contributed by atoms with Crippen molar-refractivity contribution >= 4 is 28.6 Å². The van der Waals surface area contributed by atoms with E-state index in [0.29, 0.717) is 11.3 Å². The number of ether oxygens (including phenoxy) is 1. The summed E-state index contributed by atoms with van der Waals surface area (Å²) in [6, 6.07) is 6.25. The van der Waals surface area contributed by atoms with E-state index in [1.165, 1.54) is 30.0 Å². The molecule has 9 heteroatoms. The normalized spacial score (nSPS) is 13.3. The number of aromatic amines is 1. The number of H-pyrrole nitrogens is 1. The van der Waals surface area contributed by atoms with Gasteiger partial charge in [-0.1, -0.05) is 6.07 Å². The first-order valence-electron chi connectivity index (χ1n) is 9.04. The van der Waals surface area contributed by atoms with Crippen LogP contribution in [0, 0.1) is 6.92 Å². The number of nitrogens with one attached hydrogen (secondary N) is 2. The molecule has 1 saturated carbocycles. The topological polar surface area (TPSA) is 123 Å². The fourth-order valence-corrected chi connectivity index (χ4v) is 3.13. The highest BCUT2D eigenvalue weighted by Gasteiger charge is 2.27. The number of anilines is 1. The molecule has 4 rings (SSSR count). The Balaban J connectivity index is 1.71. The monoisotopic (exact) mass is 394 g/mol. The number of hydrogen-bond donors (Lipinski definition) is 2. The first kappa shape index (κ1) is 18.6. The molecule has 2 heterocycles. The first-order chi connectivity index (χ1) is 13.9. The summed E-state index contributed by atoms with van der Waals surface area (Å²) in [5, 5.41) is 2.89. The summed E-state index contributed by atoms with van der Waals surface area (Å²) in [6.45, 7) is 1.79. The van der Waals surface area contributed by atoms with Crippen LogP contribution < -0.4 is 16.6 Å². The number of aryl methyl sites for hydroxylation is 1. The van der Waals surface area contributed by atoms with Gasteiger partial charge in [-0.25, -0.2) is 14.6 Å². The van der Waals surface area contributed by atoms with Crippen molar-refractivity contribution in [2.24, 2.45) is 0 Å². The van der Waals surface area contributed by atoms with E-state index >= 15 is 0 Å². The lowest BCUT2D eigenvalue weighted by atomic mass is 10.1. The molecule has 1 aromatic carbocycles. The van der Waals surface area contributed by atoms with Crippen LogP contribution in [0.5, 0.6) is 0 Å². The minimum absolute atomic E-state index is 0.0257. The molecule has 2 N–H and O–H groups in total. The first-order valence-corrected chi connectivity index (χ1v) is 9.04. The molecule has 0 saturated heterocycles. The Bertz CT molecular complexity index is 1270. The molecular formula is C20H18N4O5. The number of esters is 1. The molecule has 9 nitrogen and oxygen atoms in total. The van der Waals surface area contributed by atoms with Gasteiger partial charge in [0, 0.05) is 17.9 Å². The Kier molecular flexibility index (Phi) is 4.50. The molecule has 2 aromatic heterocycles. The van der Waals surface area contributed by atoms with E-state index in [1.807, 2.05) is 0 Å². The summed E-state index contributed by atoms with van der Waals surface area (Å²) >= 11 is 0. The Morgan fingerprint density at radius 3 is 2.66 bits per heavy atom. The number of carbonyl (C=O) groups is 2. The van der Waals surface area contributed by atoms with Crippen molar-refractivity contribution in [2.75, 3.05) is 12.4 Å². The number of rotatable bonds is 4. The zero-order valence-corrected chi connectivity index (χ0v) is 15.8. The van der Waals surface area contributed by atoms with Crippen LogP contribution in [0.25, 0.3) is 11.0 Å². The number of hydrogen-bond acceptors (Lipinski definition) is 6. The van der Waals surface area contributed by atoms with Gasteiger partial charge in [0.25, 0.3) is 11.5 Å². The van der Waals surface area contributed by atoms with Crippen molar-refractivity contribution < 1.29 is 14.3 Å². The quantitative estimate of drug-likeness (QED) is 0.650. The van der Waals surface area contributed by atoms with E-state index in [9.17, 15) is 19.2 Å². The van der Waals surface area contributed by atoms with Crippen LogP contribution in [-0.2, 0) is 4.74 Å². The average Bonchev–Trinajstić information content (AvgIpc) is 3.53. The van der Waals surface area contributed by atoms with Gasteiger partial charge in [-0.15, -0.1) is 0 Å². The predicted octanol–water partition coefficient (Wildman–Crippen LogP) is 1.77. The SMILES string of the molecule is COC(=O)c1ccc(C)c(NC(=O)c2cnc3c(c2)c(=O)[nH]c(=O)n3C2CC2)c1. The Labute approximate surface area is 164 Å². The van der Waals surface area contributed by atoms with Crippen LogP contribution in [0.4, 0.5) is 5.69 Å². The number of methoxy groups -OCH3 is 1. The summed E-state index contributed by atoms with van der Waals surface area (Å²) < 4.78 is 6.16. The van der Waals surface area contributed by atoms with Crippen LogP contribution in [0.3, 0.4) is 0 Å². The maximum absolute atomic E-state index is 12.7. The molecule has 0 radical (unpaired) electrons. The zero-order chi connectivity index (χ0) is 20.7.